The number of anilines is 3. The molecule has 2 saturated heterocycles. The Labute approximate surface area is 244 Å². The van der Waals surface area contributed by atoms with Gasteiger partial charge in [-0.15, -0.1) is 0 Å². The number of alkyl halides is 2. The summed E-state index contributed by atoms with van der Waals surface area (Å²) in [5.41, 5.74) is 3.69. The van der Waals surface area contributed by atoms with Crippen molar-refractivity contribution in [3.8, 4) is 0 Å². The molecule has 0 unspecified atom stereocenters. The number of fused-ring (bicyclic) bond motifs is 1. The molecule has 0 bridgehead atoms. The zero-order valence-corrected chi connectivity index (χ0v) is 24.1. The number of piperidine rings is 2. The van der Waals surface area contributed by atoms with Gasteiger partial charge in [0.05, 0.1) is 29.3 Å². The number of nitrogens with one attached hydrogen (secondary N) is 1. The number of aliphatic hydroxyl groups is 1. The van der Waals surface area contributed by atoms with E-state index in [-0.39, 0.29) is 25.9 Å². The summed E-state index contributed by atoms with van der Waals surface area (Å²) in [4.78, 5) is 8.50. The maximum atomic E-state index is 16.1. The highest BCUT2D eigenvalue weighted by molar-refractivity contribution is 7.92. The highest BCUT2D eigenvalue weighted by Gasteiger charge is 2.44. The van der Waals surface area contributed by atoms with Crippen LogP contribution in [0, 0.1) is 5.41 Å². The summed E-state index contributed by atoms with van der Waals surface area (Å²) >= 11 is 0. The van der Waals surface area contributed by atoms with E-state index in [1.54, 1.807) is 42.6 Å². The molecular weight excluding hydrogens is 565 g/mol. The summed E-state index contributed by atoms with van der Waals surface area (Å²) in [7, 11) is -3.73. The zero-order chi connectivity index (χ0) is 29.5. The first-order valence-corrected chi connectivity index (χ1v) is 16.1. The Bertz CT molecular complexity index is 1600. The van der Waals surface area contributed by atoms with Crippen molar-refractivity contribution in [2.24, 2.45) is 5.41 Å². The highest BCUT2D eigenvalue weighted by Crippen LogP contribution is 2.54. The Morgan fingerprint density at radius 1 is 0.952 bits per heavy atom. The third-order valence-corrected chi connectivity index (χ3v) is 10.1. The predicted molar refractivity (Wildman–Crippen MR) is 161 cm³/mol. The number of rotatable bonds is 8. The molecule has 6 rings (SSSR count). The van der Waals surface area contributed by atoms with Crippen LogP contribution >= 0.6 is 0 Å². The third-order valence-electron chi connectivity index (χ3n) is 8.86. The van der Waals surface area contributed by atoms with E-state index in [4.69, 9.17) is 5.11 Å². The highest BCUT2D eigenvalue weighted by atomic mass is 32.2. The van der Waals surface area contributed by atoms with Crippen molar-refractivity contribution in [2.75, 3.05) is 53.1 Å². The van der Waals surface area contributed by atoms with Crippen molar-refractivity contribution in [3.05, 3.63) is 59.8 Å². The first-order valence-electron chi connectivity index (χ1n) is 14.4. The Morgan fingerprint density at radius 3 is 2.33 bits per heavy atom. The summed E-state index contributed by atoms with van der Waals surface area (Å²) in [6.07, 6.45) is 7.10. The zero-order valence-electron chi connectivity index (χ0n) is 23.3. The van der Waals surface area contributed by atoms with E-state index in [0.717, 1.165) is 31.6 Å². The molecule has 2 aromatic carbocycles. The lowest BCUT2D eigenvalue weighted by Crippen LogP contribution is -2.39. The van der Waals surface area contributed by atoms with Gasteiger partial charge in [0.1, 0.15) is 5.83 Å². The molecule has 11 heteroatoms. The number of halogens is 3. The average Bonchev–Trinajstić information content (AvgIpc) is 3.72. The van der Waals surface area contributed by atoms with Crippen molar-refractivity contribution in [1.29, 1.82) is 0 Å². The topological polar surface area (TPSA) is 85.8 Å². The van der Waals surface area contributed by atoms with Crippen LogP contribution in [0.1, 0.15) is 49.7 Å². The molecule has 1 spiro atoms. The van der Waals surface area contributed by atoms with Gasteiger partial charge in [-0.1, -0.05) is 12.1 Å². The molecule has 0 atom stereocenters. The van der Waals surface area contributed by atoms with Gasteiger partial charge in [0, 0.05) is 67.4 Å². The molecule has 3 fully saturated rings. The van der Waals surface area contributed by atoms with Crippen molar-refractivity contribution < 1.29 is 26.7 Å². The normalized spacial score (nSPS) is 20.2. The van der Waals surface area contributed by atoms with Crippen LogP contribution in [0.25, 0.3) is 22.8 Å². The molecule has 0 radical (unpaired) electrons. The second-order valence-corrected chi connectivity index (χ2v) is 13.7. The van der Waals surface area contributed by atoms with Gasteiger partial charge in [-0.05, 0) is 67.5 Å². The largest absolute Gasteiger partial charge is 0.395 e. The van der Waals surface area contributed by atoms with Crippen LogP contribution in [0.15, 0.2) is 48.7 Å². The van der Waals surface area contributed by atoms with E-state index < -0.39 is 34.1 Å². The summed E-state index contributed by atoms with van der Waals surface area (Å²) in [5.74, 6) is -3.61. The lowest BCUT2D eigenvalue weighted by molar-refractivity contribution is -0.0220. The lowest BCUT2D eigenvalue weighted by Gasteiger charge is -2.35. The minimum absolute atomic E-state index is 0.154. The lowest BCUT2D eigenvalue weighted by atomic mass is 9.93. The van der Waals surface area contributed by atoms with Gasteiger partial charge >= 0.3 is 0 Å². The molecule has 42 heavy (non-hydrogen) atoms. The van der Waals surface area contributed by atoms with Gasteiger partial charge in [-0.2, -0.15) is 0 Å². The number of aromatic nitrogens is 1. The molecule has 1 aliphatic carbocycles. The molecule has 3 heterocycles. The maximum absolute atomic E-state index is 16.1. The summed E-state index contributed by atoms with van der Waals surface area (Å²) in [6, 6.07) is 12.0. The number of pyridine rings is 1. The van der Waals surface area contributed by atoms with Gasteiger partial charge in [-0.25, -0.2) is 21.6 Å². The Kier molecular flexibility index (Phi) is 7.59. The van der Waals surface area contributed by atoms with E-state index >= 15 is 4.39 Å². The van der Waals surface area contributed by atoms with E-state index in [0.29, 0.717) is 38.8 Å². The maximum Gasteiger partial charge on any atom is 0.251 e. The molecule has 2 aliphatic heterocycles. The predicted octanol–water partition coefficient (Wildman–Crippen LogP) is 6.05. The molecule has 3 aliphatic rings. The van der Waals surface area contributed by atoms with Crippen LogP contribution in [0.3, 0.4) is 0 Å². The first-order chi connectivity index (χ1) is 20.1. The number of nitrogens with zero attached hydrogens (tertiary/aromatic N) is 3. The monoisotopic (exact) mass is 600 g/mol. The molecule has 2 N–H and O–H groups in total. The number of aliphatic hydroxyl groups excluding tert-OH is 1. The van der Waals surface area contributed by atoms with Crippen molar-refractivity contribution in [1.82, 2.24) is 4.98 Å². The second-order valence-electron chi connectivity index (χ2n) is 11.8. The number of hydrogen-bond acceptors (Lipinski definition) is 6. The van der Waals surface area contributed by atoms with Crippen LogP contribution < -0.4 is 14.5 Å². The van der Waals surface area contributed by atoms with Gasteiger partial charge in [0.2, 0.25) is 10.0 Å². The van der Waals surface area contributed by atoms with Crippen LogP contribution in [-0.2, 0) is 10.0 Å². The van der Waals surface area contributed by atoms with Crippen LogP contribution in [-0.4, -0.2) is 63.0 Å². The smallest absolute Gasteiger partial charge is 0.251 e. The minimum atomic E-state index is -3.73. The fraction of sp³-hybridized carbons (Fsp3) is 0.452. The number of sulfonamides is 1. The molecule has 1 saturated carbocycles. The van der Waals surface area contributed by atoms with Crippen LogP contribution in [0.2, 0.25) is 0 Å². The second kappa shape index (κ2) is 11.1. The molecule has 3 aromatic rings. The summed E-state index contributed by atoms with van der Waals surface area (Å²) in [5, 5.41) is 9.83. The standard InChI is InChI=1S/C31H35F3N4O3S/c32-26(24-18-23-2-1-11-35-29(23)28(20-24)38-14-9-31(33,34)10-15-38)19-22-3-4-25(36-42(40,41)17-16-39)21-27(22)37-12-7-30(5-6-30)8-13-37/h1-4,11,18-21,36,39H,5-10,12-17H2/b26-19-. The van der Waals surface area contributed by atoms with E-state index in [1.165, 1.54) is 18.9 Å². The molecule has 0 amide bonds. The Balaban J connectivity index is 1.36. The fourth-order valence-electron chi connectivity index (χ4n) is 6.10. The quantitative estimate of drug-likeness (QED) is 0.306. The molecule has 224 valence electrons. The molecule has 1 aromatic heterocycles. The molecular formula is C31H35F3N4O3S. The Hall–Kier alpha value is -3.31. The SMILES string of the molecule is O=S(=O)(CCO)Nc1ccc(/C=C(\F)c2cc(N3CCC(F)(F)CC3)c3ncccc3c2)c(N2CCC3(CC2)CC3)c1. The van der Waals surface area contributed by atoms with Crippen LogP contribution in [0.5, 0.6) is 0 Å². The number of benzene rings is 2. The first kappa shape index (κ1) is 28.8. The van der Waals surface area contributed by atoms with Gasteiger partial charge in [0.25, 0.3) is 5.92 Å². The van der Waals surface area contributed by atoms with Crippen molar-refractivity contribution in [3.63, 3.8) is 0 Å². The average molecular weight is 601 g/mol. The molecule has 7 nitrogen and oxygen atoms in total. The Morgan fingerprint density at radius 2 is 1.64 bits per heavy atom. The summed E-state index contributed by atoms with van der Waals surface area (Å²) in [6.45, 7) is 1.40. The van der Waals surface area contributed by atoms with E-state index in [1.807, 2.05) is 11.0 Å². The number of hydrogen-bond donors (Lipinski definition) is 2. The van der Waals surface area contributed by atoms with E-state index in [9.17, 15) is 17.2 Å². The van der Waals surface area contributed by atoms with Crippen LogP contribution in [0.4, 0.5) is 30.2 Å². The summed E-state index contributed by atoms with van der Waals surface area (Å²) < 4.78 is 71.1. The van der Waals surface area contributed by atoms with E-state index in [2.05, 4.69) is 14.6 Å². The van der Waals surface area contributed by atoms with Crippen molar-refractivity contribution >= 4 is 49.9 Å². The minimum Gasteiger partial charge on any atom is -0.395 e. The third kappa shape index (κ3) is 6.22. The fourth-order valence-corrected chi connectivity index (χ4v) is 6.93. The van der Waals surface area contributed by atoms with Gasteiger partial charge in [0.15, 0.2) is 0 Å². The van der Waals surface area contributed by atoms with Gasteiger partial charge < -0.3 is 14.9 Å². The van der Waals surface area contributed by atoms with Gasteiger partial charge in [-0.3, -0.25) is 9.71 Å². The van der Waals surface area contributed by atoms with Crippen molar-refractivity contribution in [2.45, 2.75) is 44.4 Å².